The normalized spacial score (nSPS) is 15.1. The Morgan fingerprint density at radius 2 is 1.69 bits per heavy atom. The molecule has 176 valence electrons. The van der Waals surface area contributed by atoms with Gasteiger partial charge in [-0.25, -0.2) is 5.01 Å². The zero-order valence-corrected chi connectivity index (χ0v) is 19.2. The van der Waals surface area contributed by atoms with Gasteiger partial charge in [0, 0.05) is 17.0 Å². The first kappa shape index (κ1) is 22.5. The third-order valence-corrected chi connectivity index (χ3v) is 5.81. The summed E-state index contributed by atoms with van der Waals surface area (Å²) in [6.45, 7) is -0.0417. The van der Waals surface area contributed by atoms with Crippen LogP contribution in [-0.4, -0.2) is 29.1 Å². The van der Waals surface area contributed by atoms with E-state index in [1.807, 2.05) is 18.2 Å². The van der Waals surface area contributed by atoms with Crippen molar-refractivity contribution in [2.75, 3.05) is 17.2 Å². The highest BCUT2D eigenvalue weighted by Crippen LogP contribution is 2.33. The second-order valence-electron chi connectivity index (χ2n) is 7.86. The van der Waals surface area contributed by atoms with Gasteiger partial charge < -0.3 is 19.5 Å². The number of halogens is 1. The quantitative estimate of drug-likeness (QED) is 0.354. The summed E-state index contributed by atoms with van der Waals surface area (Å²) in [5.74, 6) is 0.707. The Bertz CT molecular complexity index is 1350. The molecule has 2 amide bonds. The molecule has 1 unspecified atom stereocenters. The van der Waals surface area contributed by atoms with Crippen molar-refractivity contribution in [2.24, 2.45) is 5.10 Å². The summed E-state index contributed by atoms with van der Waals surface area (Å²) in [5.41, 5.74) is 2.29. The maximum absolute atomic E-state index is 13.2. The molecule has 0 fully saturated rings. The molecule has 5 rings (SSSR count). The molecule has 1 aliphatic rings. The number of anilines is 2. The maximum Gasteiger partial charge on any atom is 0.262 e. The molecule has 0 aliphatic carbocycles. The zero-order chi connectivity index (χ0) is 24.2. The average Bonchev–Trinajstić information content (AvgIpc) is 3.65. The van der Waals surface area contributed by atoms with Gasteiger partial charge in [-0.3, -0.25) is 9.59 Å². The van der Waals surface area contributed by atoms with Gasteiger partial charge in [-0.1, -0.05) is 23.7 Å². The van der Waals surface area contributed by atoms with Crippen LogP contribution in [0.25, 0.3) is 0 Å². The van der Waals surface area contributed by atoms with Crippen molar-refractivity contribution in [3.8, 4) is 0 Å². The molecule has 3 heterocycles. The molecule has 0 saturated carbocycles. The smallest absolute Gasteiger partial charge is 0.262 e. The van der Waals surface area contributed by atoms with E-state index in [9.17, 15) is 9.59 Å². The molecule has 2 N–H and O–H groups in total. The highest BCUT2D eigenvalue weighted by atomic mass is 35.5. The van der Waals surface area contributed by atoms with Crippen LogP contribution in [-0.2, 0) is 4.79 Å². The van der Waals surface area contributed by atoms with Gasteiger partial charge in [0.25, 0.3) is 11.8 Å². The van der Waals surface area contributed by atoms with Crippen molar-refractivity contribution in [1.82, 2.24) is 5.01 Å². The number of hydrogen-bond acceptors (Lipinski definition) is 6. The summed E-state index contributed by atoms with van der Waals surface area (Å²) in [5, 5.41) is 12.5. The van der Waals surface area contributed by atoms with E-state index in [0.29, 0.717) is 45.6 Å². The number of hydrazone groups is 1. The number of benzene rings is 2. The Morgan fingerprint density at radius 3 is 2.40 bits per heavy atom. The number of para-hydroxylation sites is 2. The number of nitrogens with one attached hydrogen (secondary N) is 2. The van der Waals surface area contributed by atoms with Gasteiger partial charge in [-0.2, -0.15) is 5.10 Å². The lowest BCUT2D eigenvalue weighted by atomic mass is 10.1. The van der Waals surface area contributed by atoms with E-state index in [4.69, 9.17) is 20.4 Å². The number of furan rings is 2. The molecule has 0 bridgehead atoms. The van der Waals surface area contributed by atoms with Crippen LogP contribution in [0.3, 0.4) is 0 Å². The van der Waals surface area contributed by atoms with Crippen LogP contribution in [0.2, 0.25) is 5.02 Å². The summed E-state index contributed by atoms with van der Waals surface area (Å²) in [4.78, 5) is 25.9. The van der Waals surface area contributed by atoms with Crippen molar-refractivity contribution >= 4 is 40.5 Å². The summed E-state index contributed by atoms with van der Waals surface area (Å²) in [6, 6.07) is 20.6. The number of amides is 2. The van der Waals surface area contributed by atoms with Crippen LogP contribution in [0.5, 0.6) is 0 Å². The van der Waals surface area contributed by atoms with E-state index in [-0.39, 0.29) is 24.4 Å². The molecule has 2 aromatic carbocycles. The number of rotatable bonds is 7. The average molecular weight is 489 g/mol. The highest BCUT2D eigenvalue weighted by molar-refractivity contribution is 6.30. The number of nitrogens with zero attached hydrogens (tertiary/aromatic N) is 2. The second kappa shape index (κ2) is 9.90. The Morgan fingerprint density at radius 1 is 0.943 bits per heavy atom. The van der Waals surface area contributed by atoms with Crippen LogP contribution in [0.4, 0.5) is 11.4 Å². The lowest BCUT2D eigenvalue weighted by Gasteiger charge is -2.21. The van der Waals surface area contributed by atoms with Gasteiger partial charge in [-0.15, -0.1) is 0 Å². The lowest BCUT2D eigenvalue weighted by molar-refractivity contribution is -0.131. The number of hydrogen-bond donors (Lipinski definition) is 2. The largest absolute Gasteiger partial charge is 0.467 e. The molecule has 0 spiro atoms. The highest BCUT2D eigenvalue weighted by Gasteiger charge is 2.35. The maximum atomic E-state index is 13.2. The first-order chi connectivity index (χ1) is 17.1. The molecule has 0 saturated heterocycles. The van der Waals surface area contributed by atoms with E-state index in [0.717, 1.165) is 0 Å². The zero-order valence-electron chi connectivity index (χ0n) is 18.5. The fourth-order valence-electron chi connectivity index (χ4n) is 3.83. The van der Waals surface area contributed by atoms with E-state index >= 15 is 0 Å². The minimum Gasteiger partial charge on any atom is -0.467 e. The summed E-state index contributed by atoms with van der Waals surface area (Å²) < 4.78 is 11.0. The van der Waals surface area contributed by atoms with Crippen molar-refractivity contribution in [2.45, 2.75) is 12.5 Å². The van der Waals surface area contributed by atoms with E-state index in [1.165, 1.54) is 5.01 Å². The Hall–Kier alpha value is -4.30. The SMILES string of the molecule is O=C(Nc1ccccc1NCC(=O)N1N=C(c2ccco2)CC1c1ccco1)c1ccc(Cl)cc1. The fourth-order valence-corrected chi connectivity index (χ4v) is 3.95. The third kappa shape index (κ3) is 4.97. The van der Waals surface area contributed by atoms with Crippen molar-refractivity contribution in [1.29, 1.82) is 0 Å². The number of carbonyl (C=O) groups is 2. The Balaban J connectivity index is 1.30. The standard InChI is InChI=1S/C26H21ClN4O4/c27-18-11-9-17(10-12-18)26(33)29-20-6-2-1-5-19(20)28-16-25(32)31-22(24-8-4-14-35-24)15-21(30-31)23-7-3-13-34-23/h1-14,22,28H,15-16H2,(H,29,33). The molecule has 1 aliphatic heterocycles. The topological polar surface area (TPSA) is 100 Å². The van der Waals surface area contributed by atoms with E-state index in [2.05, 4.69) is 15.7 Å². The first-order valence-electron chi connectivity index (χ1n) is 10.9. The second-order valence-corrected chi connectivity index (χ2v) is 8.29. The van der Waals surface area contributed by atoms with Crippen molar-refractivity contribution in [3.05, 3.63) is 107 Å². The van der Waals surface area contributed by atoms with Gasteiger partial charge >= 0.3 is 0 Å². The lowest BCUT2D eigenvalue weighted by Crippen LogP contribution is -2.32. The number of carbonyl (C=O) groups excluding carboxylic acids is 2. The first-order valence-corrected chi connectivity index (χ1v) is 11.3. The van der Waals surface area contributed by atoms with Gasteiger partial charge in [0.1, 0.15) is 23.3 Å². The Kier molecular flexibility index (Phi) is 6.36. The molecular weight excluding hydrogens is 468 g/mol. The van der Waals surface area contributed by atoms with Crippen molar-refractivity contribution < 1.29 is 18.4 Å². The van der Waals surface area contributed by atoms with Crippen molar-refractivity contribution in [3.63, 3.8) is 0 Å². The van der Waals surface area contributed by atoms with Gasteiger partial charge in [0.05, 0.1) is 30.4 Å². The molecule has 9 heteroatoms. The van der Waals surface area contributed by atoms with Crippen LogP contribution >= 0.6 is 11.6 Å². The van der Waals surface area contributed by atoms with E-state index < -0.39 is 0 Å². The monoisotopic (exact) mass is 488 g/mol. The van der Waals surface area contributed by atoms with Crippen LogP contribution < -0.4 is 10.6 Å². The Labute approximate surface area is 206 Å². The third-order valence-electron chi connectivity index (χ3n) is 5.55. The molecule has 4 aromatic rings. The van der Waals surface area contributed by atoms with Gasteiger partial charge in [0.2, 0.25) is 0 Å². The van der Waals surface area contributed by atoms with Crippen LogP contribution in [0.1, 0.15) is 34.3 Å². The summed E-state index contributed by atoms with van der Waals surface area (Å²) in [6.07, 6.45) is 3.61. The molecule has 8 nitrogen and oxygen atoms in total. The molecule has 0 radical (unpaired) electrons. The molecule has 2 aromatic heterocycles. The summed E-state index contributed by atoms with van der Waals surface area (Å²) >= 11 is 5.91. The fraction of sp³-hybridized carbons (Fsp3) is 0.115. The molecular formula is C26H21ClN4O4. The predicted octanol–water partition coefficient (Wildman–Crippen LogP) is 5.57. The predicted molar refractivity (Wildman–Crippen MR) is 132 cm³/mol. The summed E-state index contributed by atoms with van der Waals surface area (Å²) in [7, 11) is 0. The van der Waals surface area contributed by atoms with Gasteiger partial charge in [-0.05, 0) is 60.7 Å². The van der Waals surface area contributed by atoms with Crippen LogP contribution in [0, 0.1) is 0 Å². The van der Waals surface area contributed by atoms with Crippen LogP contribution in [0.15, 0.2) is 99.3 Å². The molecule has 35 heavy (non-hydrogen) atoms. The minimum atomic E-state index is -0.376. The minimum absolute atomic E-state index is 0.0417. The van der Waals surface area contributed by atoms with Gasteiger partial charge in [0.15, 0.2) is 0 Å². The van der Waals surface area contributed by atoms with E-state index in [1.54, 1.807) is 67.1 Å². The molecule has 1 atom stereocenters.